The van der Waals surface area contributed by atoms with Crippen molar-refractivity contribution in [2.75, 3.05) is 0 Å². The van der Waals surface area contributed by atoms with E-state index in [0.717, 1.165) is 37.7 Å². The van der Waals surface area contributed by atoms with Crippen LogP contribution in [0.2, 0.25) is 0 Å². The van der Waals surface area contributed by atoms with E-state index in [1.165, 1.54) is 38.5 Å². The first-order valence-electron chi connectivity index (χ1n) is 12.1. The lowest BCUT2D eigenvalue weighted by Crippen LogP contribution is -2.34. The van der Waals surface area contributed by atoms with Crippen molar-refractivity contribution in [1.29, 1.82) is 0 Å². The summed E-state index contributed by atoms with van der Waals surface area (Å²) in [5, 5.41) is 0. The largest absolute Gasteiger partial charge is 0.460 e. The molecule has 2 atom stereocenters. The Hall–Kier alpha value is -1.40. The molecule has 1 aromatic rings. The van der Waals surface area contributed by atoms with E-state index in [4.69, 9.17) is 8.92 Å². The fraction of sp³-hybridized carbons (Fsp3) is 0.720. The fourth-order valence-corrected chi connectivity index (χ4v) is 5.16. The maximum Gasteiger partial charge on any atom is 0.306 e. The van der Waals surface area contributed by atoms with Gasteiger partial charge in [0.05, 0.1) is 4.90 Å². The second-order valence-corrected chi connectivity index (χ2v) is 10.4. The highest BCUT2D eigenvalue weighted by molar-refractivity contribution is 7.86. The maximum absolute atomic E-state index is 12.9. The summed E-state index contributed by atoms with van der Waals surface area (Å²) in [5.74, 6) is -0.254. The molecule has 2 rings (SSSR count). The normalized spacial score (nSPS) is 18.4. The third kappa shape index (κ3) is 9.73. The summed E-state index contributed by atoms with van der Waals surface area (Å²) >= 11 is 0. The van der Waals surface area contributed by atoms with Crippen LogP contribution < -0.4 is 0 Å². The number of hydrogen-bond donors (Lipinski definition) is 0. The van der Waals surface area contributed by atoms with Crippen LogP contribution in [0.4, 0.5) is 0 Å². The van der Waals surface area contributed by atoms with E-state index in [0.29, 0.717) is 19.3 Å². The Morgan fingerprint density at radius 1 is 0.968 bits per heavy atom. The van der Waals surface area contributed by atoms with Crippen LogP contribution in [0.5, 0.6) is 0 Å². The second kappa shape index (κ2) is 13.9. The molecule has 1 heterocycles. The zero-order chi connectivity index (χ0) is 22.5. The second-order valence-electron chi connectivity index (χ2n) is 8.79. The molecule has 0 radical (unpaired) electrons. The molecule has 0 saturated carbocycles. The van der Waals surface area contributed by atoms with Gasteiger partial charge in [0.15, 0.2) is 0 Å². The minimum atomic E-state index is -3.91. The molecule has 6 heteroatoms. The molecule has 0 amide bonds. The number of esters is 1. The Bertz CT molecular complexity index is 742. The van der Waals surface area contributed by atoms with Crippen molar-refractivity contribution in [2.24, 2.45) is 0 Å². The predicted octanol–water partition coefficient (Wildman–Crippen LogP) is 6.48. The molecule has 1 aliphatic rings. The lowest BCUT2D eigenvalue weighted by Gasteiger charge is -2.25. The van der Waals surface area contributed by atoms with Crippen LogP contribution in [-0.2, 0) is 23.8 Å². The van der Waals surface area contributed by atoms with Gasteiger partial charge in [-0.2, -0.15) is 8.42 Å². The monoisotopic (exact) mass is 452 g/mol. The minimum Gasteiger partial charge on any atom is -0.460 e. The van der Waals surface area contributed by atoms with Crippen LogP contribution in [0, 0.1) is 6.92 Å². The number of ether oxygens (including phenoxy) is 1. The molecule has 31 heavy (non-hydrogen) atoms. The van der Waals surface area contributed by atoms with Gasteiger partial charge in [-0.3, -0.25) is 8.98 Å². The molecular formula is C25H40O5S. The molecule has 0 spiro atoms. The number of aryl methyl sites for hydroxylation is 1. The molecule has 0 aliphatic carbocycles. The quantitative estimate of drug-likeness (QED) is 0.184. The van der Waals surface area contributed by atoms with Gasteiger partial charge < -0.3 is 4.74 Å². The van der Waals surface area contributed by atoms with Gasteiger partial charge in [0.1, 0.15) is 12.2 Å². The smallest absolute Gasteiger partial charge is 0.306 e. The average Bonchev–Trinajstić information content (AvgIpc) is 2.96. The van der Waals surface area contributed by atoms with Crippen molar-refractivity contribution in [2.45, 2.75) is 121 Å². The molecule has 176 valence electrons. The van der Waals surface area contributed by atoms with Gasteiger partial charge in [0.25, 0.3) is 10.1 Å². The molecule has 0 aromatic heterocycles. The summed E-state index contributed by atoms with van der Waals surface area (Å²) in [6, 6.07) is 6.66. The summed E-state index contributed by atoms with van der Waals surface area (Å²) in [6.07, 6.45) is 12.9. The zero-order valence-electron chi connectivity index (χ0n) is 19.3. The topological polar surface area (TPSA) is 69.7 Å². The number of cyclic esters (lactones) is 1. The molecule has 1 saturated heterocycles. The number of rotatable bonds is 14. The lowest BCUT2D eigenvalue weighted by molar-refractivity contribution is -0.152. The third-order valence-corrected chi connectivity index (χ3v) is 7.32. The predicted molar refractivity (Wildman–Crippen MR) is 123 cm³/mol. The van der Waals surface area contributed by atoms with Gasteiger partial charge in [-0.15, -0.1) is 0 Å². The fourth-order valence-electron chi connectivity index (χ4n) is 4.04. The van der Waals surface area contributed by atoms with Crippen molar-refractivity contribution in [3.63, 3.8) is 0 Å². The molecule has 0 bridgehead atoms. The van der Waals surface area contributed by atoms with Crippen LogP contribution >= 0.6 is 0 Å². The van der Waals surface area contributed by atoms with Gasteiger partial charge in [-0.25, -0.2) is 0 Å². The van der Waals surface area contributed by atoms with Crippen LogP contribution in [0.15, 0.2) is 29.2 Å². The number of carbonyl (C=O) groups excluding carboxylic acids is 1. The summed E-state index contributed by atoms with van der Waals surface area (Å²) in [6.45, 7) is 4.14. The van der Waals surface area contributed by atoms with Gasteiger partial charge in [0, 0.05) is 6.42 Å². The highest BCUT2D eigenvalue weighted by atomic mass is 32.2. The molecule has 1 aromatic carbocycles. The Morgan fingerprint density at radius 3 is 2.23 bits per heavy atom. The van der Waals surface area contributed by atoms with E-state index in [2.05, 4.69) is 6.92 Å². The summed E-state index contributed by atoms with van der Waals surface area (Å²) in [7, 11) is -3.91. The maximum atomic E-state index is 12.9. The lowest BCUT2D eigenvalue weighted by atomic mass is 10.0. The Balaban J connectivity index is 1.92. The Morgan fingerprint density at radius 2 is 1.58 bits per heavy atom. The number of carbonyl (C=O) groups is 1. The van der Waals surface area contributed by atoms with Crippen LogP contribution in [-0.4, -0.2) is 26.6 Å². The van der Waals surface area contributed by atoms with E-state index in [1.54, 1.807) is 24.3 Å². The summed E-state index contributed by atoms with van der Waals surface area (Å²) in [4.78, 5) is 12.1. The first kappa shape index (κ1) is 25.9. The van der Waals surface area contributed by atoms with Crippen molar-refractivity contribution in [1.82, 2.24) is 0 Å². The van der Waals surface area contributed by atoms with Gasteiger partial charge in [-0.05, 0) is 44.7 Å². The third-order valence-electron chi connectivity index (χ3n) is 5.97. The van der Waals surface area contributed by atoms with Crippen LogP contribution in [0.1, 0.15) is 102 Å². The Kier molecular flexibility index (Phi) is 11.6. The first-order valence-corrected chi connectivity index (χ1v) is 13.5. The Labute approximate surface area is 189 Å². The number of unbranched alkanes of at least 4 members (excludes halogenated alkanes) is 8. The van der Waals surface area contributed by atoms with E-state index < -0.39 is 22.3 Å². The standard InChI is InChI=1S/C25H40O5S/c1-3-4-5-6-7-8-9-10-11-15-24(23-14-12-13-16-25(26)29-23)30-31(27,28)22-19-17-21(2)18-20-22/h17-20,23-24H,3-16H2,1-2H3/t23-,24-/m1/s1. The van der Waals surface area contributed by atoms with Gasteiger partial charge in [0.2, 0.25) is 0 Å². The summed E-state index contributed by atoms with van der Waals surface area (Å²) in [5.41, 5.74) is 0.989. The molecular weight excluding hydrogens is 412 g/mol. The molecule has 1 aliphatic heterocycles. The van der Waals surface area contributed by atoms with E-state index >= 15 is 0 Å². The molecule has 0 N–H and O–H groups in total. The van der Waals surface area contributed by atoms with Crippen molar-refractivity contribution in [3.8, 4) is 0 Å². The average molecular weight is 453 g/mol. The molecule has 5 nitrogen and oxygen atoms in total. The molecule has 1 fully saturated rings. The minimum absolute atomic E-state index is 0.148. The summed E-state index contributed by atoms with van der Waals surface area (Å²) < 4.78 is 37.0. The van der Waals surface area contributed by atoms with Gasteiger partial charge >= 0.3 is 5.97 Å². The van der Waals surface area contributed by atoms with E-state index in [1.807, 2.05) is 6.92 Å². The number of benzene rings is 1. The molecule has 0 unspecified atom stereocenters. The van der Waals surface area contributed by atoms with E-state index in [-0.39, 0.29) is 10.9 Å². The first-order chi connectivity index (χ1) is 14.9. The highest BCUT2D eigenvalue weighted by Gasteiger charge is 2.32. The van der Waals surface area contributed by atoms with Crippen LogP contribution in [0.3, 0.4) is 0 Å². The number of hydrogen-bond acceptors (Lipinski definition) is 5. The zero-order valence-corrected chi connectivity index (χ0v) is 20.1. The van der Waals surface area contributed by atoms with Crippen molar-refractivity contribution >= 4 is 16.1 Å². The van der Waals surface area contributed by atoms with Crippen molar-refractivity contribution < 1.29 is 22.1 Å². The van der Waals surface area contributed by atoms with Crippen molar-refractivity contribution in [3.05, 3.63) is 29.8 Å². The van der Waals surface area contributed by atoms with E-state index in [9.17, 15) is 13.2 Å². The highest BCUT2D eigenvalue weighted by Crippen LogP contribution is 2.26. The SMILES string of the molecule is CCCCCCCCCCC[C@@H](OS(=O)(=O)c1ccc(C)cc1)[C@H]1CCCCC(=O)O1. The van der Waals surface area contributed by atoms with Gasteiger partial charge in [-0.1, -0.05) is 82.4 Å². The van der Waals surface area contributed by atoms with Crippen LogP contribution in [0.25, 0.3) is 0 Å².